The SMILES string of the molecule is CNc1nc(C(C)C)nc(N(C)c2cccc(F)c2)c1C. The van der Waals surface area contributed by atoms with Gasteiger partial charge < -0.3 is 10.2 Å². The van der Waals surface area contributed by atoms with E-state index in [1.54, 1.807) is 6.07 Å². The molecule has 1 aromatic heterocycles. The van der Waals surface area contributed by atoms with Crippen LogP contribution in [0, 0.1) is 12.7 Å². The Morgan fingerprint density at radius 2 is 1.95 bits per heavy atom. The summed E-state index contributed by atoms with van der Waals surface area (Å²) in [5, 5.41) is 3.10. The van der Waals surface area contributed by atoms with Crippen molar-refractivity contribution in [3.05, 3.63) is 41.5 Å². The molecular weight excluding hydrogens is 267 g/mol. The minimum Gasteiger partial charge on any atom is -0.373 e. The lowest BCUT2D eigenvalue weighted by molar-refractivity contribution is 0.628. The van der Waals surface area contributed by atoms with Gasteiger partial charge in [-0.2, -0.15) is 0 Å². The molecule has 21 heavy (non-hydrogen) atoms. The topological polar surface area (TPSA) is 41.1 Å². The molecule has 0 amide bonds. The molecule has 5 heteroatoms. The Morgan fingerprint density at radius 1 is 1.24 bits per heavy atom. The second-order valence-electron chi connectivity index (χ2n) is 5.32. The summed E-state index contributed by atoms with van der Waals surface area (Å²) >= 11 is 0. The maximum Gasteiger partial charge on any atom is 0.141 e. The van der Waals surface area contributed by atoms with Gasteiger partial charge in [0.05, 0.1) is 0 Å². The van der Waals surface area contributed by atoms with Gasteiger partial charge in [-0.3, -0.25) is 0 Å². The second kappa shape index (κ2) is 6.08. The number of hydrogen-bond donors (Lipinski definition) is 1. The van der Waals surface area contributed by atoms with Crippen LogP contribution in [0.4, 0.5) is 21.7 Å². The van der Waals surface area contributed by atoms with Crippen LogP contribution in [0.1, 0.15) is 31.2 Å². The van der Waals surface area contributed by atoms with Gasteiger partial charge in [0.2, 0.25) is 0 Å². The van der Waals surface area contributed by atoms with Gasteiger partial charge in [-0.1, -0.05) is 19.9 Å². The highest BCUT2D eigenvalue weighted by Crippen LogP contribution is 2.30. The average molecular weight is 288 g/mol. The number of anilines is 3. The highest BCUT2D eigenvalue weighted by atomic mass is 19.1. The fourth-order valence-corrected chi connectivity index (χ4v) is 2.16. The van der Waals surface area contributed by atoms with Crippen LogP contribution in [0.3, 0.4) is 0 Å². The first kappa shape index (κ1) is 15.2. The van der Waals surface area contributed by atoms with Crippen molar-refractivity contribution in [1.82, 2.24) is 9.97 Å². The summed E-state index contributed by atoms with van der Waals surface area (Å²) in [7, 11) is 3.72. The molecule has 0 saturated heterocycles. The molecule has 2 rings (SSSR count). The predicted molar refractivity (Wildman–Crippen MR) is 84.9 cm³/mol. The molecule has 2 aromatic rings. The third-order valence-electron chi connectivity index (χ3n) is 3.40. The maximum atomic E-state index is 13.4. The summed E-state index contributed by atoms with van der Waals surface area (Å²) in [6, 6.07) is 6.48. The zero-order valence-corrected chi connectivity index (χ0v) is 13.1. The van der Waals surface area contributed by atoms with Crippen LogP contribution in [-0.2, 0) is 0 Å². The number of nitrogens with zero attached hydrogens (tertiary/aromatic N) is 3. The Kier molecular flexibility index (Phi) is 4.40. The fourth-order valence-electron chi connectivity index (χ4n) is 2.16. The molecule has 4 nitrogen and oxygen atoms in total. The van der Waals surface area contributed by atoms with Gasteiger partial charge in [0.1, 0.15) is 23.3 Å². The van der Waals surface area contributed by atoms with E-state index in [4.69, 9.17) is 0 Å². The fraction of sp³-hybridized carbons (Fsp3) is 0.375. The standard InChI is InChI=1S/C16H21FN4/c1-10(2)14-19-15(18-4)11(3)16(20-14)21(5)13-8-6-7-12(17)9-13/h6-10H,1-5H3,(H,18,19,20). The molecule has 0 unspecified atom stereocenters. The van der Waals surface area contributed by atoms with E-state index in [-0.39, 0.29) is 11.7 Å². The van der Waals surface area contributed by atoms with Gasteiger partial charge in [-0.05, 0) is 25.1 Å². The van der Waals surface area contributed by atoms with Gasteiger partial charge in [-0.25, -0.2) is 14.4 Å². The van der Waals surface area contributed by atoms with Crippen molar-refractivity contribution in [3.63, 3.8) is 0 Å². The first-order valence-corrected chi connectivity index (χ1v) is 6.99. The molecule has 1 N–H and O–H groups in total. The summed E-state index contributed by atoms with van der Waals surface area (Å²) in [5.41, 5.74) is 1.70. The molecular formula is C16H21FN4. The summed E-state index contributed by atoms with van der Waals surface area (Å²) < 4.78 is 13.4. The summed E-state index contributed by atoms with van der Waals surface area (Å²) in [5.74, 6) is 2.31. The number of benzene rings is 1. The smallest absolute Gasteiger partial charge is 0.141 e. The largest absolute Gasteiger partial charge is 0.373 e. The van der Waals surface area contributed by atoms with Crippen molar-refractivity contribution in [1.29, 1.82) is 0 Å². The third kappa shape index (κ3) is 3.12. The molecule has 112 valence electrons. The Balaban J connectivity index is 2.53. The molecule has 0 spiro atoms. The van der Waals surface area contributed by atoms with Crippen molar-refractivity contribution in [2.75, 3.05) is 24.3 Å². The Bertz CT molecular complexity index is 640. The lowest BCUT2D eigenvalue weighted by atomic mass is 10.2. The molecule has 0 fully saturated rings. The van der Waals surface area contributed by atoms with Gasteiger partial charge >= 0.3 is 0 Å². The monoisotopic (exact) mass is 288 g/mol. The van der Waals surface area contributed by atoms with Gasteiger partial charge in [0.25, 0.3) is 0 Å². The van der Waals surface area contributed by atoms with Crippen LogP contribution in [0.5, 0.6) is 0 Å². The van der Waals surface area contributed by atoms with Gasteiger partial charge in [0, 0.05) is 31.3 Å². The molecule has 1 aromatic carbocycles. The Hall–Kier alpha value is -2.17. The average Bonchev–Trinajstić information content (AvgIpc) is 2.46. The van der Waals surface area contributed by atoms with Crippen LogP contribution in [0.25, 0.3) is 0 Å². The third-order valence-corrected chi connectivity index (χ3v) is 3.40. The van der Waals surface area contributed by atoms with E-state index >= 15 is 0 Å². The van der Waals surface area contributed by atoms with Crippen molar-refractivity contribution < 1.29 is 4.39 Å². The van der Waals surface area contributed by atoms with Crippen LogP contribution in [0.2, 0.25) is 0 Å². The van der Waals surface area contributed by atoms with Crippen molar-refractivity contribution in [3.8, 4) is 0 Å². The van der Waals surface area contributed by atoms with Gasteiger partial charge in [-0.15, -0.1) is 0 Å². The zero-order valence-electron chi connectivity index (χ0n) is 13.1. The Morgan fingerprint density at radius 3 is 2.52 bits per heavy atom. The molecule has 0 bridgehead atoms. The molecule has 0 radical (unpaired) electrons. The normalized spacial score (nSPS) is 10.8. The van der Waals surface area contributed by atoms with Crippen molar-refractivity contribution >= 4 is 17.3 Å². The minimum absolute atomic E-state index is 0.220. The lowest BCUT2D eigenvalue weighted by Gasteiger charge is -2.23. The van der Waals surface area contributed by atoms with Crippen molar-refractivity contribution in [2.45, 2.75) is 26.7 Å². The highest BCUT2D eigenvalue weighted by molar-refractivity contribution is 5.66. The number of halogens is 1. The quantitative estimate of drug-likeness (QED) is 0.927. The molecule has 0 aliphatic heterocycles. The number of hydrogen-bond acceptors (Lipinski definition) is 4. The predicted octanol–water partition coefficient (Wildman–Crippen LogP) is 3.86. The van der Waals surface area contributed by atoms with E-state index in [9.17, 15) is 4.39 Å². The maximum absolute atomic E-state index is 13.4. The van der Waals surface area contributed by atoms with E-state index in [1.165, 1.54) is 12.1 Å². The Labute approximate surface area is 125 Å². The lowest BCUT2D eigenvalue weighted by Crippen LogP contribution is -2.16. The van der Waals surface area contributed by atoms with E-state index in [0.29, 0.717) is 0 Å². The zero-order chi connectivity index (χ0) is 15.6. The summed E-state index contributed by atoms with van der Waals surface area (Å²) in [4.78, 5) is 11.0. The summed E-state index contributed by atoms with van der Waals surface area (Å²) in [6.07, 6.45) is 0. The highest BCUT2D eigenvalue weighted by Gasteiger charge is 2.16. The second-order valence-corrected chi connectivity index (χ2v) is 5.32. The number of aromatic nitrogens is 2. The molecule has 0 aliphatic rings. The van der Waals surface area contributed by atoms with Crippen LogP contribution < -0.4 is 10.2 Å². The van der Waals surface area contributed by atoms with E-state index in [2.05, 4.69) is 29.1 Å². The van der Waals surface area contributed by atoms with Crippen molar-refractivity contribution in [2.24, 2.45) is 0 Å². The van der Waals surface area contributed by atoms with E-state index in [0.717, 1.165) is 28.7 Å². The molecule has 0 atom stereocenters. The van der Waals surface area contributed by atoms with E-state index in [1.807, 2.05) is 32.0 Å². The molecule has 0 aliphatic carbocycles. The minimum atomic E-state index is -0.260. The molecule has 1 heterocycles. The first-order chi connectivity index (χ1) is 9.93. The first-order valence-electron chi connectivity index (χ1n) is 6.99. The molecule has 0 saturated carbocycles. The van der Waals surface area contributed by atoms with E-state index < -0.39 is 0 Å². The van der Waals surface area contributed by atoms with Crippen LogP contribution >= 0.6 is 0 Å². The number of rotatable bonds is 4. The van der Waals surface area contributed by atoms with Gasteiger partial charge in [0.15, 0.2) is 0 Å². The summed E-state index contributed by atoms with van der Waals surface area (Å²) in [6.45, 7) is 6.06. The van der Waals surface area contributed by atoms with Crippen LogP contribution in [0.15, 0.2) is 24.3 Å². The van der Waals surface area contributed by atoms with Crippen LogP contribution in [-0.4, -0.2) is 24.1 Å². The number of nitrogens with one attached hydrogen (secondary N) is 1.